The van der Waals surface area contributed by atoms with E-state index in [2.05, 4.69) is 21.8 Å². The Labute approximate surface area is 80.1 Å². The highest BCUT2D eigenvalue weighted by molar-refractivity contribution is 5.06. The first-order valence-corrected chi connectivity index (χ1v) is 4.06. The first kappa shape index (κ1) is 10.4. The van der Waals surface area contributed by atoms with Gasteiger partial charge >= 0.3 is 11.8 Å². The molecule has 0 aliphatic carbocycles. The van der Waals surface area contributed by atoms with Crippen LogP contribution in [0.15, 0.2) is 6.33 Å². The number of aromatic amines is 1. The Morgan fingerprint density at radius 1 is 1.50 bits per heavy atom. The Balaban J connectivity index is 2.63. The highest BCUT2D eigenvalue weighted by Gasteiger charge is 2.17. The van der Waals surface area contributed by atoms with E-state index in [0.29, 0.717) is 6.42 Å². The Morgan fingerprint density at radius 2 is 2.29 bits per heavy atom. The fourth-order valence-electron chi connectivity index (χ4n) is 0.751. The first-order chi connectivity index (χ1) is 6.75. The number of hydrogen-bond donors (Lipinski definition) is 0. The molecular formula is C9H9F2N2O+. The summed E-state index contributed by atoms with van der Waals surface area (Å²) in [6, 6.07) is 0. The minimum absolute atomic E-state index is 0.0186. The zero-order valence-corrected chi connectivity index (χ0v) is 7.60. The van der Waals surface area contributed by atoms with Gasteiger partial charge in [0.05, 0.1) is 0 Å². The van der Waals surface area contributed by atoms with Gasteiger partial charge in [-0.2, -0.15) is 8.78 Å². The Kier molecular flexibility index (Phi) is 3.80. The van der Waals surface area contributed by atoms with Crippen LogP contribution in [0.3, 0.4) is 0 Å². The largest absolute Gasteiger partial charge is 0.447 e. The molecule has 74 valence electrons. The van der Waals surface area contributed by atoms with Crippen molar-refractivity contribution in [3.05, 3.63) is 18.1 Å². The Morgan fingerprint density at radius 3 is 3.00 bits per heavy atom. The number of aromatic nitrogens is 2. The lowest BCUT2D eigenvalue weighted by Crippen LogP contribution is -2.14. The zero-order chi connectivity index (χ0) is 10.4. The summed E-state index contributed by atoms with van der Waals surface area (Å²) >= 11 is 0. The van der Waals surface area contributed by atoms with Crippen LogP contribution in [-0.2, 0) is 0 Å². The molecule has 1 N–H and O–H groups in total. The molecule has 0 bridgehead atoms. The van der Waals surface area contributed by atoms with Gasteiger partial charge in [0.1, 0.15) is 0 Å². The maximum atomic E-state index is 12.9. The van der Waals surface area contributed by atoms with Crippen molar-refractivity contribution in [3.8, 4) is 17.7 Å². The number of hydrogen-bond acceptors (Lipinski definition) is 2. The van der Waals surface area contributed by atoms with Crippen molar-refractivity contribution in [3.63, 3.8) is 0 Å². The topological polar surface area (TPSA) is 36.3 Å². The van der Waals surface area contributed by atoms with Gasteiger partial charge in [-0.3, -0.25) is 0 Å². The van der Waals surface area contributed by atoms with Crippen LogP contribution in [0.25, 0.3) is 0 Å². The summed E-state index contributed by atoms with van der Waals surface area (Å²) in [7, 11) is 0. The molecule has 0 radical (unpaired) electrons. The minimum Gasteiger partial charge on any atom is -0.447 e. The van der Waals surface area contributed by atoms with Gasteiger partial charge < -0.3 is 4.74 Å². The van der Waals surface area contributed by atoms with Crippen molar-refractivity contribution in [1.82, 2.24) is 4.98 Å². The van der Waals surface area contributed by atoms with Gasteiger partial charge in [-0.05, 0) is 4.98 Å². The molecule has 14 heavy (non-hydrogen) atoms. The van der Waals surface area contributed by atoms with Crippen molar-refractivity contribution in [1.29, 1.82) is 0 Å². The lowest BCUT2D eigenvalue weighted by Gasteiger charge is -1.96. The summed E-state index contributed by atoms with van der Waals surface area (Å²) in [6.45, 7) is 1.90. The van der Waals surface area contributed by atoms with E-state index < -0.39 is 11.8 Å². The van der Waals surface area contributed by atoms with Gasteiger partial charge in [0.25, 0.3) is 12.1 Å². The monoisotopic (exact) mass is 199 g/mol. The molecule has 0 aromatic carbocycles. The SMILES string of the molecule is CCC#CCOc1[nH+]cnc(F)c1F. The van der Waals surface area contributed by atoms with Crippen molar-refractivity contribution < 1.29 is 18.5 Å². The maximum absolute atomic E-state index is 12.9. The third-order valence-electron chi connectivity index (χ3n) is 1.34. The highest BCUT2D eigenvalue weighted by atomic mass is 19.2. The van der Waals surface area contributed by atoms with E-state index in [4.69, 9.17) is 4.74 Å². The highest BCUT2D eigenvalue weighted by Crippen LogP contribution is 2.09. The minimum atomic E-state index is -1.19. The van der Waals surface area contributed by atoms with E-state index in [1.54, 1.807) is 0 Å². The molecule has 0 saturated heterocycles. The molecule has 5 heteroatoms. The number of nitrogens with one attached hydrogen (secondary N) is 1. The summed E-state index contributed by atoms with van der Waals surface area (Å²) in [6.07, 6.45) is 1.71. The van der Waals surface area contributed by atoms with Gasteiger partial charge in [-0.15, -0.1) is 5.92 Å². The van der Waals surface area contributed by atoms with E-state index in [1.165, 1.54) is 0 Å². The van der Waals surface area contributed by atoms with Crippen LogP contribution in [0.4, 0.5) is 8.78 Å². The lowest BCUT2D eigenvalue weighted by atomic mass is 10.5. The molecule has 1 heterocycles. The summed E-state index contributed by atoms with van der Waals surface area (Å²) in [4.78, 5) is 5.41. The average Bonchev–Trinajstić information content (AvgIpc) is 2.19. The molecule has 1 aromatic heterocycles. The molecule has 3 nitrogen and oxygen atoms in total. The third kappa shape index (κ3) is 2.66. The number of halogens is 2. The van der Waals surface area contributed by atoms with Crippen LogP contribution in [0, 0.1) is 23.6 Å². The molecule has 0 amide bonds. The number of ether oxygens (including phenoxy) is 1. The third-order valence-corrected chi connectivity index (χ3v) is 1.34. The molecule has 0 spiro atoms. The molecule has 0 aliphatic rings. The molecule has 0 unspecified atom stereocenters. The summed E-state index contributed by atoms with van der Waals surface area (Å²) in [5.41, 5.74) is 0. The predicted octanol–water partition coefficient (Wildman–Crippen LogP) is 0.966. The zero-order valence-electron chi connectivity index (χ0n) is 7.60. The van der Waals surface area contributed by atoms with E-state index in [0.717, 1.165) is 6.33 Å². The number of H-pyrrole nitrogens is 1. The van der Waals surface area contributed by atoms with Crippen LogP contribution in [-0.4, -0.2) is 11.6 Å². The van der Waals surface area contributed by atoms with E-state index in [9.17, 15) is 8.78 Å². The van der Waals surface area contributed by atoms with Crippen LogP contribution in [0.2, 0.25) is 0 Å². The van der Waals surface area contributed by atoms with Crippen molar-refractivity contribution >= 4 is 0 Å². The van der Waals surface area contributed by atoms with Crippen molar-refractivity contribution in [2.24, 2.45) is 0 Å². The average molecular weight is 199 g/mol. The number of nitrogens with zero attached hydrogens (tertiary/aromatic N) is 1. The second-order valence-corrected chi connectivity index (χ2v) is 2.33. The standard InChI is InChI=1S/C9H8F2N2O/c1-2-3-4-5-14-9-7(10)8(11)12-6-13-9/h6H,2,5H2,1H3/p+1. The smallest absolute Gasteiger partial charge is 0.364 e. The first-order valence-electron chi connectivity index (χ1n) is 4.06. The normalized spacial score (nSPS) is 9.07. The van der Waals surface area contributed by atoms with Gasteiger partial charge in [0, 0.05) is 6.42 Å². The summed E-state index contributed by atoms with van der Waals surface area (Å²) in [5.74, 6) is 2.75. The van der Waals surface area contributed by atoms with Gasteiger partial charge in [0.2, 0.25) is 0 Å². The summed E-state index contributed by atoms with van der Waals surface area (Å²) in [5, 5.41) is 0. The molecular weight excluding hydrogens is 190 g/mol. The fraction of sp³-hybridized carbons (Fsp3) is 0.333. The van der Waals surface area contributed by atoms with Crippen molar-refractivity contribution in [2.45, 2.75) is 13.3 Å². The van der Waals surface area contributed by atoms with E-state index in [1.807, 2.05) is 6.92 Å². The van der Waals surface area contributed by atoms with Gasteiger partial charge in [0.15, 0.2) is 6.61 Å². The van der Waals surface area contributed by atoms with E-state index >= 15 is 0 Å². The number of rotatable bonds is 2. The predicted molar refractivity (Wildman–Crippen MR) is 44.3 cm³/mol. The lowest BCUT2D eigenvalue weighted by molar-refractivity contribution is -0.402. The van der Waals surface area contributed by atoms with Crippen LogP contribution < -0.4 is 9.72 Å². The quantitative estimate of drug-likeness (QED) is 0.525. The molecule has 0 aliphatic heterocycles. The van der Waals surface area contributed by atoms with Gasteiger partial charge in [-0.1, -0.05) is 12.8 Å². The maximum Gasteiger partial charge on any atom is 0.364 e. The molecule has 0 fully saturated rings. The van der Waals surface area contributed by atoms with Crippen LogP contribution >= 0.6 is 0 Å². The van der Waals surface area contributed by atoms with Crippen LogP contribution in [0.1, 0.15) is 13.3 Å². The molecule has 1 rings (SSSR count). The van der Waals surface area contributed by atoms with Crippen molar-refractivity contribution in [2.75, 3.05) is 6.61 Å². The molecule has 0 saturated carbocycles. The van der Waals surface area contributed by atoms with Crippen LogP contribution in [0.5, 0.6) is 5.88 Å². The molecule has 1 aromatic rings. The Hall–Kier alpha value is -1.70. The van der Waals surface area contributed by atoms with Gasteiger partial charge in [-0.25, -0.2) is 4.98 Å². The second-order valence-electron chi connectivity index (χ2n) is 2.33. The fourth-order valence-corrected chi connectivity index (χ4v) is 0.751. The second kappa shape index (κ2) is 5.12. The Bertz CT molecular complexity index is 371. The summed E-state index contributed by atoms with van der Waals surface area (Å²) < 4.78 is 30.2. The molecule has 0 atom stereocenters. The van der Waals surface area contributed by atoms with E-state index in [-0.39, 0.29) is 12.5 Å².